The van der Waals surface area contributed by atoms with Gasteiger partial charge in [0.2, 0.25) is 0 Å². The van der Waals surface area contributed by atoms with Gasteiger partial charge in [0.25, 0.3) is 11.6 Å². The highest BCUT2D eigenvalue weighted by Crippen LogP contribution is 2.28. The number of nitrogens with zero attached hydrogens (tertiary/aromatic N) is 5. The Morgan fingerprint density at radius 1 is 1.53 bits per heavy atom. The maximum atomic E-state index is 11.6. The third-order valence-corrected chi connectivity index (χ3v) is 1.98. The summed E-state index contributed by atoms with van der Waals surface area (Å²) in [6, 6.07) is 3.71. The minimum absolute atomic E-state index is 0.118. The van der Waals surface area contributed by atoms with Crippen LogP contribution in [0.15, 0.2) is 23.3 Å². The molecule has 0 aromatic heterocycles. The molecular formula is C9H9N5O3. The van der Waals surface area contributed by atoms with Crippen molar-refractivity contribution >= 4 is 17.3 Å². The summed E-state index contributed by atoms with van der Waals surface area (Å²) in [5.41, 5.74) is 7.91. The second-order valence-electron chi connectivity index (χ2n) is 3.35. The summed E-state index contributed by atoms with van der Waals surface area (Å²) >= 11 is 0. The topological polar surface area (TPSA) is 112 Å². The molecule has 17 heavy (non-hydrogen) atoms. The van der Waals surface area contributed by atoms with E-state index in [9.17, 15) is 14.9 Å². The predicted octanol–water partition coefficient (Wildman–Crippen LogP) is 2.24. The van der Waals surface area contributed by atoms with Gasteiger partial charge in [0.15, 0.2) is 0 Å². The van der Waals surface area contributed by atoms with E-state index in [1.807, 2.05) is 0 Å². The number of azide groups is 1. The average molecular weight is 235 g/mol. The first-order valence-electron chi connectivity index (χ1n) is 4.52. The largest absolute Gasteiger partial charge is 0.345 e. The van der Waals surface area contributed by atoms with Crippen molar-refractivity contribution in [3.63, 3.8) is 0 Å². The monoisotopic (exact) mass is 235 g/mol. The fourth-order valence-corrected chi connectivity index (χ4v) is 1.19. The Labute approximate surface area is 96.2 Å². The summed E-state index contributed by atoms with van der Waals surface area (Å²) in [6.07, 6.45) is 0. The highest BCUT2D eigenvalue weighted by Gasteiger charge is 2.17. The zero-order valence-electron chi connectivity index (χ0n) is 9.19. The van der Waals surface area contributed by atoms with Crippen LogP contribution >= 0.6 is 0 Å². The van der Waals surface area contributed by atoms with Gasteiger partial charge in [-0.15, -0.1) is 0 Å². The van der Waals surface area contributed by atoms with Gasteiger partial charge in [-0.3, -0.25) is 14.9 Å². The molecule has 0 spiro atoms. The quantitative estimate of drug-likeness (QED) is 0.263. The van der Waals surface area contributed by atoms with Crippen molar-refractivity contribution in [1.82, 2.24) is 4.90 Å². The zero-order chi connectivity index (χ0) is 13.0. The molecule has 8 nitrogen and oxygen atoms in total. The van der Waals surface area contributed by atoms with Gasteiger partial charge in [-0.25, -0.2) is 0 Å². The van der Waals surface area contributed by atoms with Gasteiger partial charge >= 0.3 is 0 Å². The summed E-state index contributed by atoms with van der Waals surface area (Å²) in [7, 11) is 3.07. The molecule has 0 fully saturated rings. The number of rotatable bonds is 3. The Bertz CT molecular complexity index is 519. The van der Waals surface area contributed by atoms with Crippen molar-refractivity contribution in [2.24, 2.45) is 5.11 Å². The zero-order valence-corrected chi connectivity index (χ0v) is 9.19. The van der Waals surface area contributed by atoms with E-state index in [0.29, 0.717) is 0 Å². The number of amides is 1. The van der Waals surface area contributed by atoms with E-state index >= 15 is 0 Å². The van der Waals surface area contributed by atoms with Gasteiger partial charge in [-0.2, -0.15) is 0 Å². The van der Waals surface area contributed by atoms with E-state index in [0.717, 1.165) is 6.07 Å². The number of nitro groups is 1. The summed E-state index contributed by atoms with van der Waals surface area (Å²) < 4.78 is 0. The van der Waals surface area contributed by atoms with Gasteiger partial charge in [-0.05, 0) is 17.7 Å². The van der Waals surface area contributed by atoms with Crippen LogP contribution in [0.5, 0.6) is 0 Å². The SMILES string of the molecule is CN(C)C(=O)c1ccc(N=[N+]=[N-])c([N+](=O)[O-])c1. The molecule has 1 aromatic carbocycles. The predicted molar refractivity (Wildman–Crippen MR) is 59.9 cm³/mol. The minimum atomic E-state index is -0.698. The molecule has 0 N–H and O–H groups in total. The minimum Gasteiger partial charge on any atom is -0.345 e. The third-order valence-electron chi connectivity index (χ3n) is 1.98. The molecule has 1 amide bonds. The van der Waals surface area contributed by atoms with Gasteiger partial charge < -0.3 is 4.90 Å². The highest BCUT2D eigenvalue weighted by molar-refractivity contribution is 5.95. The number of carbonyl (C=O) groups excluding carboxylic acids is 1. The Balaban J connectivity index is 3.32. The van der Waals surface area contributed by atoms with Crippen LogP contribution in [0.25, 0.3) is 10.4 Å². The normalized spacial score (nSPS) is 9.29. The summed E-state index contributed by atoms with van der Waals surface area (Å²) in [5, 5.41) is 13.9. The van der Waals surface area contributed by atoms with E-state index < -0.39 is 10.6 Å². The third kappa shape index (κ3) is 2.70. The Hall–Kier alpha value is -2.60. The van der Waals surface area contributed by atoms with Crippen LogP contribution in [0.4, 0.5) is 11.4 Å². The maximum Gasteiger partial charge on any atom is 0.279 e. The molecule has 0 heterocycles. The number of nitro benzene ring substituents is 1. The molecule has 0 bridgehead atoms. The van der Waals surface area contributed by atoms with E-state index in [-0.39, 0.29) is 17.2 Å². The molecule has 8 heteroatoms. The van der Waals surface area contributed by atoms with Gasteiger partial charge in [0, 0.05) is 30.6 Å². The van der Waals surface area contributed by atoms with Crippen LogP contribution in [-0.4, -0.2) is 29.8 Å². The highest BCUT2D eigenvalue weighted by atomic mass is 16.6. The van der Waals surface area contributed by atoms with Gasteiger partial charge in [-0.1, -0.05) is 5.11 Å². The Morgan fingerprint density at radius 2 is 2.18 bits per heavy atom. The molecule has 88 valence electrons. The van der Waals surface area contributed by atoms with Crippen molar-refractivity contribution in [3.8, 4) is 0 Å². The lowest BCUT2D eigenvalue weighted by Crippen LogP contribution is -2.21. The smallest absolute Gasteiger partial charge is 0.279 e. The fraction of sp³-hybridized carbons (Fsp3) is 0.222. The number of carbonyl (C=O) groups is 1. The standard InChI is InChI=1S/C9H9N5O3/c1-13(2)9(15)6-3-4-7(11-12-10)8(5-6)14(16)17/h3-5H,1-2H3. The van der Waals surface area contributed by atoms with Crippen LogP contribution < -0.4 is 0 Å². The number of hydrogen-bond donors (Lipinski definition) is 0. The van der Waals surface area contributed by atoms with Crippen molar-refractivity contribution in [2.75, 3.05) is 14.1 Å². The second kappa shape index (κ2) is 4.95. The van der Waals surface area contributed by atoms with Crippen LogP contribution in [0.3, 0.4) is 0 Å². The van der Waals surface area contributed by atoms with Crippen LogP contribution in [0.2, 0.25) is 0 Å². The Morgan fingerprint density at radius 3 is 2.65 bits per heavy atom. The molecule has 0 aliphatic rings. The molecule has 0 atom stereocenters. The lowest BCUT2D eigenvalue weighted by molar-refractivity contribution is -0.384. The first-order chi connectivity index (χ1) is 7.97. The molecule has 0 saturated heterocycles. The lowest BCUT2D eigenvalue weighted by atomic mass is 10.1. The van der Waals surface area contributed by atoms with E-state index in [2.05, 4.69) is 10.0 Å². The first-order valence-corrected chi connectivity index (χ1v) is 4.52. The van der Waals surface area contributed by atoms with Crippen molar-refractivity contribution in [2.45, 2.75) is 0 Å². The summed E-state index contributed by atoms with van der Waals surface area (Å²) in [6.45, 7) is 0. The van der Waals surface area contributed by atoms with Crippen LogP contribution in [0.1, 0.15) is 10.4 Å². The molecule has 1 aromatic rings. The molecule has 0 aliphatic carbocycles. The van der Waals surface area contributed by atoms with Crippen LogP contribution in [0, 0.1) is 10.1 Å². The van der Waals surface area contributed by atoms with E-state index in [4.69, 9.17) is 5.53 Å². The fourth-order valence-electron chi connectivity index (χ4n) is 1.19. The molecule has 0 radical (unpaired) electrons. The number of benzene rings is 1. The number of hydrogen-bond acceptors (Lipinski definition) is 4. The molecule has 0 saturated carbocycles. The average Bonchev–Trinajstić information content (AvgIpc) is 2.28. The van der Waals surface area contributed by atoms with Gasteiger partial charge in [0.05, 0.1) is 4.92 Å². The van der Waals surface area contributed by atoms with Crippen molar-refractivity contribution in [3.05, 3.63) is 44.3 Å². The molecule has 0 aliphatic heterocycles. The van der Waals surface area contributed by atoms with Crippen molar-refractivity contribution < 1.29 is 9.72 Å². The summed E-state index contributed by atoms with van der Waals surface area (Å²) in [4.78, 5) is 25.4. The molecular weight excluding hydrogens is 226 g/mol. The van der Waals surface area contributed by atoms with E-state index in [1.165, 1.54) is 31.1 Å². The van der Waals surface area contributed by atoms with Crippen LogP contribution in [-0.2, 0) is 0 Å². The first kappa shape index (κ1) is 12.5. The molecule has 1 rings (SSSR count). The van der Waals surface area contributed by atoms with E-state index in [1.54, 1.807) is 0 Å². The van der Waals surface area contributed by atoms with Gasteiger partial charge in [0.1, 0.15) is 5.69 Å². The Kier molecular flexibility index (Phi) is 3.63. The maximum absolute atomic E-state index is 11.6. The second-order valence-corrected chi connectivity index (χ2v) is 3.35. The lowest BCUT2D eigenvalue weighted by Gasteiger charge is -2.10. The summed E-state index contributed by atoms with van der Waals surface area (Å²) in [5.74, 6) is -0.361. The molecule has 0 unspecified atom stereocenters. The van der Waals surface area contributed by atoms with Crippen molar-refractivity contribution in [1.29, 1.82) is 0 Å².